The maximum Gasteiger partial charge on any atom is 0.440 e. The number of rotatable bonds is 8. The molecule has 0 fully saturated rings. The molecule has 230 valence electrons. The molecule has 0 radical (unpaired) electrons. The lowest BCUT2D eigenvalue weighted by Gasteiger charge is -2.32. The van der Waals surface area contributed by atoms with E-state index in [4.69, 9.17) is 14.3 Å². The van der Waals surface area contributed by atoms with Crippen molar-refractivity contribution in [2.45, 2.75) is 72.3 Å². The van der Waals surface area contributed by atoms with Crippen LogP contribution >= 0.6 is 15.9 Å². The third-order valence-electron chi connectivity index (χ3n) is 5.69. The second-order valence-corrected chi connectivity index (χ2v) is 12.8. The molecule has 3 aromatic rings. The van der Waals surface area contributed by atoms with Crippen LogP contribution in [-0.2, 0) is 23.2 Å². The van der Waals surface area contributed by atoms with Crippen molar-refractivity contribution in [2.75, 3.05) is 12.1 Å². The fourth-order valence-corrected chi connectivity index (χ4v) is 4.25. The smallest absolute Gasteiger partial charge is 0.440 e. The Bertz CT molecular complexity index is 1540. The van der Waals surface area contributed by atoms with Crippen LogP contribution in [0.2, 0.25) is 0 Å². The number of amides is 2. The van der Waals surface area contributed by atoms with E-state index in [0.29, 0.717) is 15.9 Å². The maximum atomic E-state index is 14.5. The Morgan fingerprint density at radius 2 is 1.81 bits per heavy atom. The molecule has 3 rings (SSSR count). The number of ether oxygens (including phenoxy) is 2. The van der Waals surface area contributed by atoms with Crippen molar-refractivity contribution < 1.29 is 28.3 Å². The SMILES string of the molecule is C[C@@H](Oc1cc(Br)cnc1N(OC(C)(C)C)C(=O)OC(C)(C)C)c1cc(F)ccc1C(=O)N(C)Cc1cc(C#N)n(C)n1. The third-order valence-corrected chi connectivity index (χ3v) is 6.13. The molecule has 0 aliphatic heterocycles. The summed E-state index contributed by atoms with van der Waals surface area (Å²) in [5.41, 5.74) is -0.296. The molecule has 0 bridgehead atoms. The lowest BCUT2D eigenvalue weighted by Crippen LogP contribution is -2.42. The molecule has 0 saturated carbocycles. The summed E-state index contributed by atoms with van der Waals surface area (Å²) in [6.07, 6.45) is -0.224. The van der Waals surface area contributed by atoms with Crippen LogP contribution in [0.1, 0.15) is 81.9 Å². The second kappa shape index (κ2) is 13.1. The highest BCUT2D eigenvalue weighted by atomic mass is 79.9. The number of halogens is 2. The van der Waals surface area contributed by atoms with Crippen molar-refractivity contribution in [3.05, 3.63) is 69.3 Å². The molecule has 43 heavy (non-hydrogen) atoms. The van der Waals surface area contributed by atoms with E-state index in [1.165, 1.54) is 34.0 Å². The van der Waals surface area contributed by atoms with Crippen LogP contribution in [-0.4, -0.2) is 49.9 Å². The van der Waals surface area contributed by atoms with E-state index in [-0.39, 0.29) is 29.2 Å². The number of anilines is 1. The highest BCUT2D eigenvalue weighted by Gasteiger charge is 2.33. The molecule has 0 saturated heterocycles. The summed E-state index contributed by atoms with van der Waals surface area (Å²) >= 11 is 3.38. The Labute approximate surface area is 259 Å². The number of nitrogens with zero attached hydrogens (tertiary/aromatic N) is 6. The van der Waals surface area contributed by atoms with Gasteiger partial charge in [0.1, 0.15) is 29.3 Å². The Kier molecular flexibility index (Phi) is 10.2. The molecule has 0 unspecified atom stereocenters. The van der Waals surface area contributed by atoms with Crippen molar-refractivity contribution in [1.29, 1.82) is 5.26 Å². The van der Waals surface area contributed by atoms with Gasteiger partial charge in [-0.2, -0.15) is 10.4 Å². The molecular weight excluding hydrogens is 623 g/mol. The van der Waals surface area contributed by atoms with Crippen LogP contribution in [0.4, 0.5) is 15.0 Å². The zero-order valence-electron chi connectivity index (χ0n) is 25.7. The largest absolute Gasteiger partial charge is 0.482 e. The summed E-state index contributed by atoms with van der Waals surface area (Å²) in [5.74, 6) is -0.852. The zero-order valence-corrected chi connectivity index (χ0v) is 27.3. The Morgan fingerprint density at radius 1 is 1.14 bits per heavy atom. The third kappa shape index (κ3) is 8.98. The number of carbonyl (C=O) groups is 2. The molecule has 13 heteroatoms. The standard InChI is InChI=1S/C30H36BrFN6O5/c1-18(24-13-20(32)10-11-23(24)27(39)36(8)17-21-14-22(15-33)37(9)35-21)41-25-12-19(31)16-34-26(25)38(43-30(5,6)7)28(40)42-29(2,3)4/h10-14,16,18H,17H2,1-9H3/t18-/m1/s1. The number of hydrogen-bond acceptors (Lipinski definition) is 8. The lowest BCUT2D eigenvalue weighted by atomic mass is 10.0. The van der Waals surface area contributed by atoms with Gasteiger partial charge in [-0.3, -0.25) is 14.3 Å². The molecule has 0 aliphatic carbocycles. The molecule has 2 amide bonds. The van der Waals surface area contributed by atoms with E-state index >= 15 is 0 Å². The summed E-state index contributed by atoms with van der Waals surface area (Å²) in [7, 11) is 3.23. The lowest BCUT2D eigenvalue weighted by molar-refractivity contribution is -0.0370. The topological polar surface area (TPSA) is 123 Å². The highest BCUT2D eigenvalue weighted by molar-refractivity contribution is 9.10. The molecule has 1 atom stereocenters. The number of nitriles is 1. The number of hydroxylamine groups is 1. The summed E-state index contributed by atoms with van der Waals surface area (Å²) in [6.45, 7) is 12.2. The van der Waals surface area contributed by atoms with Gasteiger partial charge in [-0.1, -0.05) is 0 Å². The van der Waals surface area contributed by atoms with Gasteiger partial charge in [0, 0.05) is 35.9 Å². The van der Waals surface area contributed by atoms with Gasteiger partial charge in [-0.15, -0.1) is 5.06 Å². The van der Waals surface area contributed by atoms with Crippen molar-refractivity contribution >= 4 is 33.7 Å². The van der Waals surface area contributed by atoms with Crippen LogP contribution in [0.3, 0.4) is 0 Å². The van der Waals surface area contributed by atoms with Gasteiger partial charge in [0.05, 0.1) is 17.8 Å². The predicted molar refractivity (Wildman–Crippen MR) is 161 cm³/mol. The zero-order chi connectivity index (χ0) is 32.3. The maximum absolute atomic E-state index is 14.5. The van der Waals surface area contributed by atoms with Crippen LogP contribution in [0.5, 0.6) is 5.75 Å². The minimum atomic E-state index is -0.881. The summed E-state index contributed by atoms with van der Waals surface area (Å²) in [6, 6.07) is 9.03. The fourth-order valence-electron chi connectivity index (χ4n) is 3.94. The monoisotopic (exact) mass is 658 g/mol. The summed E-state index contributed by atoms with van der Waals surface area (Å²) < 4.78 is 28.3. The first-order chi connectivity index (χ1) is 19.9. The molecule has 11 nitrogen and oxygen atoms in total. The minimum absolute atomic E-state index is 0.00377. The van der Waals surface area contributed by atoms with E-state index in [1.54, 1.807) is 74.7 Å². The number of pyridine rings is 1. The van der Waals surface area contributed by atoms with Gasteiger partial charge in [0.25, 0.3) is 5.91 Å². The average Bonchev–Trinajstić information content (AvgIpc) is 3.24. The molecular formula is C30H36BrFN6O5. The van der Waals surface area contributed by atoms with Crippen LogP contribution in [0.15, 0.2) is 41.0 Å². The number of benzene rings is 1. The molecule has 1 aromatic carbocycles. The molecule has 0 aliphatic rings. The number of aromatic nitrogens is 3. The predicted octanol–water partition coefficient (Wildman–Crippen LogP) is 6.47. The first kappa shape index (κ1) is 33.5. The van der Waals surface area contributed by atoms with E-state index in [0.717, 1.165) is 5.06 Å². The minimum Gasteiger partial charge on any atom is -0.482 e. The van der Waals surface area contributed by atoms with E-state index < -0.39 is 35.1 Å². The highest BCUT2D eigenvalue weighted by Crippen LogP contribution is 2.36. The normalized spacial score (nSPS) is 12.3. The Morgan fingerprint density at radius 3 is 2.40 bits per heavy atom. The number of aryl methyl sites for hydroxylation is 1. The molecule has 2 heterocycles. The summed E-state index contributed by atoms with van der Waals surface area (Å²) in [5, 5.41) is 14.4. The van der Waals surface area contributed by atoms with Gasteiger partial charge in [-0.25, -0.2) is 14.2 Å². The van der Waals surface area contributed by atoms with Gasteiger partial charge < -0.3 is 14.4 Å². The fraction of sp³-hybridized carbons (Fsp3) is 0.433. The van der Waals surface area contributed by atoms with E-state index in [9.17, 15) is 19.2 Å². The van der Waals surface area contributed by atoms with Crippen molar-refractivity contribution in [2.24, 2.45) is 7.05 Å². The molecule has 0 spiro atoms. The van der Waals surface area contributed by atoms with E-state index in [1.807, 2.05) is 6.07 Å². The van der Waals surface area contributed by atoms with Crippen LogP contribution in [0.25, 0.3) is 0 Å². The van der Waals surface area contributed by atoms with Crippen LogP contribution in [0, 0.1) is 17.1 Å². The van der Waals surface area contributed by atoms with Crippen LogP contribution < -0.4 is 9.80 Å². The quantitative estimate of drug-likeness (QED) is 0.252. The van der Waals surface area contributed by atoms with Crippen molar-refractivity contribution in [3.63, 3.8) is 0 Å². The number of hydrogen-bond donors (Lipinski definition) is 0. The summed E-state index contributed by atoms with van der Waals surface area (Å²) in [4.78, 5) is 38.5. The Balaban J connectivity index is 1.98. The molecule has 2 aromatic heterocycles. The van der Waals surface area contributed by atoms with Gasteiger partial charge >= 0.3 is 6.09 Å². The van der Waals surface area contributed by atoms with Crippen molar-refractivity contribution in [3.8, 4) is 11.8 Å². The first-order valence-corrected chi connectivity index (χ1v) is 14.2. The van der Waals surface area contributed by atoms with E-state index in [2.05, 4.69) is 26.0 Å². The molecule has 0 N–H and O–H groups in total. The van der Waals surface area contributed by atoms with Crippen molar-refractivity contribution in [1.82, 2.24) is 19.7 Å². The average molecular weight is 660 g/mol. The first-order valence-electron chi connectivity index (χ1n) is 13.4. The van der Waals surface area contributed by atoms with Gasteiger partial charge in [-0.05, 0) is 94.7 Å². The number of carbonyl (C=O) groups excluding carboxylic acids is 2. The second-order valence-electron chi connectivity index (χ2n) is 11.9. The van der Waals surface area contributed by atoms with Gasteiger partial charge in [0.15, 0.2) is 5.75 Å². The Hall–Kier alpha value is -4.02. The van der Waals surface area contributed by atoms with Gasteiger partial charge in [0.2, 0.25) is 5.82 Å².